The van der Waals surface area contributed by atoms with Gasteiger partial charge in [-0.05, 0) is 24.1 Å². The Balaban J connectivity index is 1.82. The van der Waals surface area contributed by atoms with Crippen LogP contribution >= 0.6 is 0 Å². The van der Waals surface area contributed by atoms with Gasteiger partial charge >= 0.3 is 0 Å². The molecule has 0 aliphatic carbocycles. The van der Waals surface area contributed by atoms with E-state index < -0.39 is 0 Å². The van der Waals surface area contributed by atoms with E-state index >= 15 is 0 Å². The number of aromatic nitrogens is 2. The summed E-state index contributed by atoms with van der Waals surface area (Å²) in [5, 5.41) is 8.98. The van der Waals surface area contributed by atoms with Gasteiger partial charge in [0, 0.05) is 12.7 Å². The monoisotopic (exact) mass is 233 g/mol. The molecule has 1 heterocycles. The van der Waals surface area contributed by atoms with E-state index in [0.717, 1.165) is 5.56 Å². The Morgan fingerprint density at radius 3 is 3.06 bits per heavy atom. The highest BCUT2D eigenvalue weighted by atomic mass is 19.1. The Morgan fingerprint density at radius 2 is 2.35 bits per heavy atom. The lowest BCUT2D eigenvalue weighted by Gasteiger charge is -2.03. The van der Waals surface area contributed by atoms with Crippen LogP contribution < -0.4 is 5.32 Å². The molecule has 1 aromatic heterocycles. The Kier molecular flexibility index (Phi) is 3.49. The van der Waals surface area contributed by atoms with Gasteiger partial charge in [-0.3, -0.25) is 9.89 Å². The molecule has 1 amide bonds. The lowest BCUT2D eigenvalue weighted by Crippen LogP contribution is -2.25. The molecule has 0 aliphatic heterocycles. The van der Waals surface area contributed by atoms with Gasteiger partial charge in [-0.1, -0.05) is 12.1 Å². The zero-order valence-corrected chi connectivity index (χ0v) is 9.11. The van der Waals surface area contributed by atoms with E-state index in [1.54, 1.807) is 6.07 Å². The predicted molar refractivity (Wildman–Crippen MR) is 61.0 cm³/mol. The van der Waals surface area contributed by atoms with Gasteiger partial charge in [0.15, 0.2) is 0 Å². The van der Waals surface area contributed by atoms with E-state index in [4.69, 9.17) is 0 Å². The molecule has 88 valence electrons. The summed E-state index contributed by atoms with van der Waals surface area (Å²) >= 11 is 0. The molecule has 1 aromatic carbocycles. The van der Waals surface area contributed by atoms with Crippen LogP contribution in [-0.4, -0.2) is 22.6 Å². The zero-order chi connectivity index (χ0) is 12.1. The summed E-state index contributed by atoms with van der Waals surface area (Å²) in [6.45, 7) is 0.466. The average Bonchev–Trinajstić information content (AvgIpc) is 2.82. The Labute approximate surface area is 97.9 Å². The quantitative estimate of drug-likeness (QED) is 0.841. The second-order valence-corrected chi connectivity index (χ2v) is 3.62. The second-order valence-electron chi connectivity index (χ2n) is 3.62. The van der Waals surface area contributed by atoms with Crippen LogP contribution in [0.25, 0.3) is 0 Å². The van der Waals surface area contributed by atoms with E-state index in [-0.39, 0.29) is 11.7 Å². The van der Waals surface area contributed by atoms with Gasteiger partial charge in [0.2, 0.25) is 0 Å². The van der Waals surface area contributed by atoms with Crippen molar-refractivity contribution in [2.75, 3.05) is 6.54 Å². The fourth-order valence-corrected chi connectivity index (χ4v) is 1.49. The fourth-order valence-electron chi connectivity index (χ4n) is 1.49. The lowest BCUT2D eigenvalue weighted by molar-refractivity contribution is 0.0954. The summed E-state index contributed by atoms with van der Waals surface area (Å²) in [6.07, 6.45) is 3.58. The molecule has 0 bridgehead atoms. The van der Waals surface area contributed by atoms with E-state index in [9.17, 15) is 9.18 Å². The summed E-state index contributed by atoms with van der Waals surface area (Å²) in [7, 11) is 0. The van der Waals surface area contributed by atoms with Gasteiger partial charge in [0.25, 0.3) is 5.91 Å². The third-order valence-corrected chi connectivity index (χ3v) is 2.35. The third kappa shape index (κ3) is 3.14. The molecule has 0 unspecified atom stereocenters. The number of rotatable bonds is 4. The first kappa shape index (κ1) is 11.3. The SMILES string of the molecule is O=C(NCCc1cccc(F)c1)c1cn[nH]c1. The Bertz CT molecular complexity index is 496. The first-order valence-corrected chi connectivity index (χ1v) is 5.27. The molecular weight excluding hydrogens is 221 g/mol. The van der Waals surface area contributed by atoms with Crippen molar-refractivity contribution in [1.82, 2.24) is 15.5 Å². The van der Waals surface area contributed by atoms with Crippen molar-refractivity contribution in [2.24, 2.45) is 0 Å². The molecule has 0 spiro atoms. The Hall–Kier alpha value is -2.17. The maximum Gasteiger partial charge on any atom is 0.254 e. The van der Waals surface area contributed by atoms with Crippen LogP contribution in [0, 0.1) is 5.82 Å². The number of carbonyl (C=O) groups is 1. The molecule has 2 aromatic rings. The number of hydrogen-bond donors (Lipinski definition) is 2. The van der Waals surface area contributed by atoms with E-state index in [2.05, 4.69) is 15.5 Å². The van der Waals surface area contributed by atoms with Crippen molar-refractivity contribution in [3.8, 4) is 0 Å². The number of carbonyl (C=O) groups excluding carboxylic acids is 1. The number of H-pyrrole nitrogens is 1. The van der Waals surface area contributed by atoms with Crippen molar-refractivity contribution >= 4 is 5.91 Å². The highest BCUT2D eigenvalue weighted by Crippen LogP contribution is 2.03. The normalized spacial score (nSPS) is 10.2. The van der Waals surface area contributed by atoms with Crippen LogP contribution in [0.3, 0.4) is 0 Å². The Morgan fingerprint density at radius 1 is 1.47 bits per heavy atom. The van der Waals surface area contributed by atoms with Gasteiger partial charge in [-0.25, -0.2) is 4.39 Å². The highest BCUT2D eigenvalue weighted by molar-refractivity contribution is 5.93. The summed E-state index contributed by atoms with van der Waals surface area (Å²) < 4.78 is 12.9. The highest BCUT2D eigenvalue weighted by Gasteiger charge is 2.05. The first-order chi connectivity index (χ1) is 8.25. The largest absolute Gasteiger partial charge is 0.352 e. The maximum absolute atomic E-state index is 12.9. The standard InChI is InChI=1S/C12H12FN3O/c13-11-3-1-2-9(6-11)4-5-14-12(17)10-7-15-16-8-10/h1-3,6-8H,4-5H2,(H,14,17)(H,15,16). The number of benzene rings is 1. The molecule has 0 fully saturated rings. The predicted octanol–water partition coefficient (Wildman–Crippen LogP) is 1.52. The van der Waals surface area contributed by atoms with E-state index in [1.165, 1.54) is 24.5 Å². The maximum atomic E-state index is 12.9. The molecule has 5 heteroatoms. The van der Waals surface area contributed by atoms with E-state index in [0.29, 0.717) is 18.5 Å². The van der Waals surface area contributed by atoms with Crippen LogP contribution in [0.15, 0.2) is 36.7 Å². The minimum atomic E-state index is -0.260. The molecule has 0 atom stereocenters. The van der Waals surface area contributed by atoms with Crippen molar-refractivity contribution in [1.29, 1.82) is 0 Å². The average molecular weight is 233 g/mol. The number of halogens is 1. The molecule has 17 heavy (non-hydrogen) atoms. The number of hydrogen-bond acceptors (Lipinski definition) is 2. The molecular formula is C12H12FN3O. The molecule has 0 saturated carbocycles. The van der Waals surface area contributed by atoms with Crippen molar-refractivity contribution < 1.29 is 9.18 Å². The van der Waals surface area contributed by atoms with E-state index in [1.807, 2.05) is 6.07 Å². The van der Waals surface area contributed by atoms with Crippen molar-refractivity contribution in [2.45, 2.75) is 6.42 Å². The van der Waals surface area contributed by atoms with Gasteiger partial charge in [0.1, 0.15) is 5.82 Å². The minimum Gasteiger partial charge on any atom is -0.352 e. The third-order valence-electron chi connectivity index (χ3n) is 2.35. The first-order valence-electron chi connectivity index (χ1n) is 5.27. The number of nitrogens with one attached hydrogen (secondary N) is 2. The second kappa shape index (κ2) is 5.25. The molecule has 0 radical (unpaired) electrons. The smallest absolute Gasteiger partial charge is 0.254 e. The zero-order valence-electron chi connectivity index (χ0n) is 9.11. The summed E-state index contributed by atoms with van der Waals surface area (Å²) in [5.74, 6) is -0.446. The molecule has 4 nitrogen and oxygen atoms in total. The lowest BCUT2D eigenvalue weighted by atomic mass is 10.1. The number of amides is 1. The topological polar surface area (TPSA) is 57.8 Å². The molecule has 2 rings (SSSR count). The number of nitrogens with zero attached hydrogens (tertiary/aromatic N) is 1. The van der Waals surface area contributed by atoms with Crippen LogP contribution in [-0.2, 0) is 6.42 Å². The molecule has 0 aliphatic rings. The van der Waals surface area contributed by atoms with Crippen LogP contribution in [0.1, 0.15) is 15.9 Å². The van der Waals surface area contributed by atoms with Gasteiger partial charge < -0.3 is 5.32 Å². The summed E-state index contributed by atoms with van der Waals surface area (Å²) in [6, 6.07) is 6.34. The van der Waals surface area contributed by atoms with Crippen LogP contribution in [0.4, 0.5) is 4.39 Å². The minimum absolute atomic E-state index is 0.185. The van der Waals surface area contributed by atoms with Gasteiger partial charge in [-0.2, -0.15) is 5.10 Å². The van der Waals surface area contributed by atoms with Gasteiger partial charge in [0.05, 0.1) is 11.8 Å². The number of aromatic amines is 1. The fraction of sp³-hybridized carbons (Fsp3) is 0.167. The summed E-state index contributed by atoms with van der Waals surface area (Å²) in [5.41, 5.74) is 1.35. The summed E-state index contributed by atoms with van der Waals surface area (Å²) in [4.78, 5) is 11.5. The van der Waals surface area contributed by atoms with Crippen LogP contribution in [0.2, 0.25) is 0 Å². The van der Waals surface area contributed by atoms with Crippen molar-refractivity contribution in [3.63, 3.8) is 0 Å². The molecule has 0 saturated heterocycles. The van der Waals surface area contributed by atoms with Crippen LogP contribution in [0.5, 0.6) is 0 Å². The van der Waals surface area contributed by atoms with Gasteiger partial charge in [-0.15, -0.1) is 0 Å². The van der Waals surface area contributed by atoms with Crippen molar-refractivity contribution in [3.05, 3.63) is 53.6 Å². The molecule has 2 N–H and O–H groups in total.